The number of aromatic nitrogens is 6. The second-order valence-corrected chi connectivity index (χ2v) is 11.8. The Morgan fingerprint density at radius 2 is 1.85 bits per heavy atom. The SMILES string of the molecule is Fc1cc(Cl)ccc1COc1cccc(C2CCN(Cc3nc4cc(-c5noc(C(F)(F)F)n5)ncc4n3CC3CCO3)CC2)n1. The smallest absolute Gasteiger partial charge is 0.471 e. The third kappa shape index (κ3) is 6.55. The van der Waals surface area contributed by atoms with Gasteiger partial charge in [0.1, 0.15) is 23.9 Å². The van der Waals surface area contributed by atoms with Gasteiger partial charge in [0.05, 0.1) is 36.4 Å². The van der Waals surface area contributed by atoms with Crippen LogP contribution in [0.4, 0.5) is 17.6 Å². The van der Waals surface area contributed by atoms with Crippen LogP contribution in [-0.2, 0) is 30.6 Å². The molecular formula is C31H28ClF4N7O3. The summed E-state index contributed by atoms with van der Waals surface area (Å²) in [7, 11) is 0. The summed E-state index contributed by atoms with van der Waals surface area (Å²) in [5.41, 5.74) is 2.80. The summed E-state index contributed by atoms with van der Waals surface area (Å²) in [4.78, 5) is 19.7. The van der Waals surface area contributed by atoms with Gasteiger partial charge in [0.2, 0.25) is 11.7 Å². The summed E-state index contributed by atoms with van der Waals surface area (Å²) in [5, 5.41) is 3.79. The Kier molecular flexibility index (Phi) is 8.34. The number of likely N-dealkylation sites (tertiary alicyclic amines) is 1. The lowest BCUT2D eigenvalue weighted by atomic mass is 9.93. The largest absolute Gasteiger partial charge is 0.473 e. The van der Waals surface area contributed by atoms with Crippen molar-refractivity contribution >= 4 is 22.6 Å². The lowest BCUT2D eigenvalue weighted by Crippen LogP contribution is -2.35. The molecule has 1 atom stereocenters. The van der Waals surface area contributed by atoms with Crippen LogP contribution in [0.2, 0.25) is 5.02 Å². The molecule has 0 radical (unpaired) electrons. The van der Waals surface area contributed by atoms with Crippen LogP contribution in [0.3, 0.4) is 0 Å². The lowest BCUT2D eigenvalue weighted by Gasteiger charge is -2.32. The van der Waals surface area contributed by atoms with E-state index in [1.165, 1.54) is 6.07 Å². The Balaban J connectivity index is 1.03. The Morgan fingerprint density at radius 3 is 2.57 bits per heavy atom. The van der Waals surface area contributed by atoms with Crippen molar-refractivity contribution in [2.75, 3.05) is 19.7 Å². The molecule has 5 aromatic rings. The molecule has 0 aliphatic carbocycles. The van der Waals surface area contributed by atoms with Crippen LogP contribution in [0.15, 0.2) is 53.2 Å². The standard InChI is InChI=1S/C31H28ClF4N7O3/c32-20-5-4-19(22(33)12-20)17-45-28-3-1-2-23(39-28)18-6-9-42(10-7-18)16-27-38-24-13-25(29-40-30(46-41-29)31(34,35)36)37-14-26(24)43(27)15-21-8-11-44-21/h1-5,12-14,18,21H,6-11,15-17H2. The monoisotopic (exact) mass is 657 g/mol. The molecule has 0 amide bonds. The molecule has 240 valence electrons. The van der Waals surface area contributed by atoms with Crippen LogP contribution in [0.5, 0.6) is 5.88 Å². The van der Waals surface area contributed by atoms with Gasteiger partial charge in [-0.2, -0.15) is 18.2 Å². The van der Waals surface area contributed by atoms with Crippen LogP contribution in [0, 0.1) is 5.82 Å². The number of rotatable bonds is 9. The second kappa shape index (κ2) is 12.6. The summed E-state index contributed by atoms with van der Waals surface area (Å²) < 4.78 is 71.1. The van der Waals surface area contributed by atoms with E-state index in [9.17, 15) is 17.6 Å². The van der Waals surface area contributed by atoms with Crippen molar-refractivity contribution in [3.05, 3.63) is 82.5 Å². The van der Waals surface area contributed by atoms with Crippen molar-refractivity contribution in [1.82, 2.24) is 34.6 Å². The normalized spacial score (nSPS) is 17.8. The van der Waals surface area contributed by atoms with Crippen LogP contribution in [0.1, 0.15) is 48.2 Å². The second-order valence-electron chi connectivity index (χ2n) is 11.4. The number of imidazole rings is 1. The molecule has 10 nitrogen and oxygen atoms in total. The van der Waals surface area contributed by atoms with Gasteiger partial charge >= 0.3 is 12.1 Å². The predicted molar refractivity (Wildman–Crippen MR) is 157 cm³/mol. The van der Waals surface area contributed by atoms with Gasteiger partial charge in [-0.05, 0) is 56.6 Å². The number of pyridine rings is 2. The van der Waals surface area contributed by atoms with Crippen LogP contribution >= 0.6 is 11.6 Å². The summed E-state index contributed by atoms with van der Waals surface area (Å²) in [5.74, 6) is -0.621. The molecule has 46 heavy (non-hydrogen) atoms. The van der Waals surface area contributed by atoms with Gasteiger partial charge in [-0.3, -0.25) is 9.88 Å². The molecule has 0 saturated carbocycles. The van der Waals surface area contributed by atoms with Crippen molar-refractivity contribution in [1.29, 1.82) is 0 Å². The maximum atomic E-state index is 14.2. The number of hydrogen-bond donors (Lipinski definition) is 0. The molecule has 4 aromatic heterocycles. The van der Waals surface area contributed by atoms with E-state index >= 15 is 0 Å². The first kappa shape index (κ1) is 30.5. The third-order valence-corrected chi connectivity index (χ3v) is 8.53. The van der Waals surface area contributed by atoms with Crippen molar-refractivity contribution < 1.29 is 31.6 Å². The molecule has 2 saturated heterocycles. The lowest BCUT2D eigenvalue weighted by molar-refractivity contribution is -0.159. The molecule has 1 aromatic carbocycles. The van der Waals surface area contributed by atoms with Crippen molar-refractivity contribution in [2.24, 2.45) is 0 Å². The zero-order valence-electron chi connectivity index (χ0n) is 24.4. The van der Waals surface area contributed by atoms with E-state index in [-0.39, 0.29) is 30.1 Å². The van der Waals surface area contributed by atoms with E-state index < -0.39 is 17.9 Å². The highest BCUT2D eigenvalue weighted by Gasteiger charge is 2.38. The highest BCUT2D eigenvalue weighted by molar-refractivity contribution is 6.30. The topological polar surface area (TPSA) is 104 Å². The van der Waals surface area contributed by atoms with Crippen molar-refractivity contribution in [3.63, 3.8) is 0 Å². The highest BCUT2D eigenvalue weighted by atomic mass is 35.5. The van der Waals surface area contributed by atoms with E-state index in [2.05, 4.69) is 29.1 Å². The summed E-state index contributed by atoms with van der Waals surface area (Å²) >= 11 is 5.85. The fraction of sp³-hybridized carbons (Fsp3) is 0.387. The van der Waals surface area contributed by atoms with Crippen LogP contribution < -0.4 is 4.74 Å². The van der Waals surface area contributed by atoms with E-state index in [0.29, 0.717) is 41.7 Å². The summed E-state index contributed by atoms with van der Waals surface area (Å²) in [6.07, 6.45) is -0.421. The number of fused-ring (bicyclic) bond motifs is 1. The molecule has 0 spiro atoms. The number of alkyl halides is 3. The van der Waals surface area contributed by atoms with E-state index in [1.807, 2.05) is 12.1 Å². The Morgan fingerprint density at radius 1 is 1.02 bits per heavy atom. The van der Waals surface area contributed by atoms with Gasteiger partial charge in [0.15, 0.2) is 0 Å². The summed E-state index contributed by atoms with van der Waals surface area (Å²) in [6, 6.07) is 11.7. The Bertz CT molecular complexity index is 1850. The zero-order chi connectivity index (χ0) is 31.8. The first-order valence-corrected chi connectivity index (χ1v) is 15.2. The minimum absolute atomic E-state index is 0.0471. The minimum atomic E-state index is -4.74. The number of ether oxygens (including phenoxy) is 2. The maximum absolute atomic E-state index is 14.2. The zero-order valence-corrected chi connectivity index (χ0v) is 25.1. The van der Waals surface area contributed by atoms with Gasteiger partial charge in [-0.25, -0.2) is 14.4 Å². The van der Waals surface area contributed by atoms with Gasteiger partial charge in [0, 0.05) is 34.9 Å². The number of piperidine rings is 1. The van der Waals surface area contributed by atoms with Crippen LogP contribution in [0.25, 0.3) is 22.6 Å². The molecule has 0 bridgehead atoms. The van der Waals surface area contributed by atoms with E-state index in [1.54, 1.807) is 30.5 Å². The molecule has 0 N–H and O–H groups in total. The number of halogens is 5. The Hall–Kier alpha value is -4.14. The average molecular weight is 658 g/mol. The van der Waals surface area contributed by atoms with Gasteiger partial charge in [-0.15, -0.1) is 0 Å². The quantitative estimate of drug-likeness (QED) is 0.166. The number of nitrogens with zero attached hydrogens (tertiary/aromatic N) is 7. The number of benzene rings is 1. The molecule has 1 unspecified atom stereocenters. The molecule has 2 fully saturated rings. The molecular weight excluding hydrogens is 630 g/mol. The minimum Gasteiger partial charge on any atom is -0.473 e. The first-order valence-electron chi connectivity index (χ1n) is 14.8. The molecule has 2 aliphatic heterocycles. The maximum Gasteiger partial charge on any atom is 0.471 e. The fourth-order valence-electron chi connectivity index (χ4n) is 5.71. The van der Waals surface area contributed by atoms with Crippen LogP contribution in [-0.4, -0.2) is 60.4 Å². The molecule has 2 aliphatic rings. The van der Waals surface area contributed by atoms with Gasteiger partial charge in [0.25, 0.3) is 0 Å². The van der Waals surface area contributed by atoms with E-state index in [4.69, 9.17) is 31.0 Å². The average Bonchev–Trinajstić information content (AvgIpc) is 3.64. The van der Waals surface area contributed by atoms with E-state index in [0.717, 1.165) is 49.4 Å². The fourth-order valence-corrected chi connectivity index (χ4v) is 5.87. The summed E-state index contributed by atoms with van der Waals surface area (Å²) in [6.45, 7) is 3.55. The molecule has 15 heteroatoms. The third-order valence-electron chi connectivity index (χ3n) is 8.30. The van der Waals surface area contributed by atoms with Crippen molar-refractivity contribution in [3.8, 4) is 17.4 Å². The van der Waals surface area contributed by atoms with Crippen molar-refractivity contribution in [2.45, 2.75) is 57.2 Å². The van der Waals surface area contributed by atoms with Gasteiger partial charge in [-0.1, -0.05) is 28.9 Å². The molecule has 7 rings (SSSR count). The molecule has 6 heterocycles. The number of hydrogen-bond acceptors (Lipinski definition) is 9. The van der Waals surface area contributed by atoms with Gasteiger partial charge < -0.3 is 18.6 Å². The highest BCUT2D eigenvalue weighted by Crippen LogP contribution is 2.32. The predicted octanol–water partition coefficient (Wildman–Crippen LogP) is 6.44. The Labute approximate surface area is 265 Å². The first-order chi connectivity index (χ1) is 22.2.